The first-order chi connectivity index (χ1) is 13.8. The monoisotopic (exact) mass is 376 g/mol. The van der Waals surface area contributed by atoms with Gasteiger partial charge in [0.15, 0.2) is 0 Å². The number of carbonyl (C=O) groups is 1. The van der Waals surface area contributed by atoms with Crippen LogP contribution in [-0.4, -0.2) is 50.2 Å². The van der Waals surface area contributed by atoms with Gasteiger partial charge in [-0.15, -0.1) is 10.2 Å². The summed E-state index contributed by atoms with van der Waals surface area (Å²) in [5.74, 6) is 2.71. The average Bonchev–Trinajstić information content (AvgIpc) is 3.18. The molecule has 1 fully saturated rings. The molecule has 2 aliphatic heterocycles. The molecule has 3 aromatic rings. The van der Waals surface area contributed by atoms with Crippen molar-refractivity contribution in [3.63, 3.8) is 0 Å². The van der Waals surface area contributed by atoms with E-state index in [1.165, 1.54) is 0 Å². The van der Waals surface area contributed by atoms with Crippen molar-refractivity contribution in [2.24, 2.45) is 0 Å². The Balaban J connectivity index is 1.25. The Morgan fingerprint density at radius 3 is 2.86 bits per heavy atom. The first-order valence-electron chi connectivity index (χ1n) is 10.0. The van der Waals surface area contributed by atoms with Crippen molar-refractivity contribution in [1.82, 2.24) is 30.0 Å². The van der Waals surface area contributed by atoms with Crippen LogP contribution in [0.2, 0.25) is 0 Å². The second kappa shape index (κ2) is 7.31. The number of amides is 1. The zero-order chi connectivity index (χ0) is 18.9. The van der Waals surface area contributed by atoms with Crippen LogP contribution in [0, 0.1) is 0 Å². The molecule has 5 rings (SSSR count). The summed E-state index contributed by atoms with van der Waals surface area (Å²) in [5.41, 5.74) is 1.93. The van der Waals surface area contributed by atoms with Gasteiger partial charge in [0.25, 0.3) is 0 Å². The second-order valence-corrected chi connectivity index (χ2v) is 7.63. The number of benzene rings is 1. The minimum absolute atomic E-state index is 0.184. The third-order valence-corrected chi connectivity index (χ3v) is 5.92. The molecule has 1 N–H and O–H groups in total. The highest BCUT2D eigenvalue weighted by Gasteiger charge is 2.28. The molecular weight excluding hydrogens is 352 g/mol. The van der Waals surface area contributed by atoms with E-state index in [4.69, 9.17) is 0 Å². The van der Waals surface area contributed by atoms with E-state index in [1.807, 2.05) is 35.2 Å². The number of aromatic nitrogens is 4. The fraction of sp³-hybridized carbons (Fsp3) is 0.429. The van der Waals surface area contributed by atoms with Crippen LogP contribution in [0.25, 0.3) is 10.9 Å². The molecule has 1 saturated heterocycles. The van der Waals surface area contributed by atoms with Crippen LogP contribution in [0.5, 0.6) is 0 Å². The van der Waals surface area contributed by atoms with Gasteiger partial charge in [0.05, 0.1) is 18.5 Å². The Morgan fingerprint density at radius 1 is 1.11 bits per heavy atom. The van der Waals surface area contributed by atoms with Crippen molar-refractivity contribution < 1.29 is 4.79 Å². The first-order valence-corrected chi connectivity index (χ1v) is 10.0. The van der Waals surface area contributed by atoms with E-state index in [-0.39, 0.29) is 5.91 Å². The highest BCUT2D eigenvalue weighted by molar-refractivity contribution is 5.87. The number of nitrogens with one attached hydrogen (secondary N) is 1. The lowest BCUT2D eigenvalue weighted by Gasteiger charge is -2.32. The predicted octanol–water partition coefficient (Wildman–Crippen LogP) is 1.88. The lowest BCUT2D eigenvalue weighted by molar-refractivity contribution is -0.131. The highest BCUT2D eigenvalue weighted by Crippen LogP contribution is 2.28. The molecule has 4 heterocycles. The number of rotatable bonds is 3. The maximum absolute atomic E-state index is 12.9. The molecule has 1 aromatic carbocycles. The first kappa shape index (κ1) is 17.3. The van der Waals surface area contributed by atoms with Gasteiger partial charge in [-0.1, -0.05) is 24.3 Å². The Labute approximate surface area is 163 Å². The Morgan fingerprint density at radius 2 is 1.96 bits per heavy atom. The molecule has 2 aromatic heterocycles. The molecule has 2 aliphatic rings. The minimum Gasteiger partial charge on any atom is -0.342 e. The van der Waals surface area contributed by atoms with Crippen LogP contribution >= 0.6 is 0 Å². The van der Waals surface area contributed by atoms with Crippen molar-refractivity contribution >= 4 is 16.8 Å². The number of hydrogen-bond acceptors (Lipinski definition) is 5. The fourth-order valence-corrected chi connectivity index (χ4v) is 4.39. The summed E-state index contributed by atoms with van der Waals surface area (Å²) in [7, 11) is 0. The Bertz CT molecular complexity index is 1000. The molecule has 1 amide bonds. The summed E-state index contributed by atoms with van der Waals surface area (Å²) in [4.78, 5) is 19.4. The lowest BCUT2D eigenvalue weighted by atomic mass is 9.95. The number of fused-ring (bicyclic) bond motifs is 2. The topological polar surface area (TPSA) is 75.9 Å². The van der Waals surface area contributed by atoms with Crippen LogP contribution in [0.1, 0.15) is 36.0 Å². The standard InChI is InChI=1S/C21H24N6O/c28-19(13-17-4-1-3-15-5-2-8-23-20(15)17)26-10-6-16(7-11-26)21-25-24-18-14-22-9-12-27(18)21/h1-5,8,16,22H,6-7,9-14H2. The summed E-state index contributed by atoms with van der Waals surface area (Å²) in [6.07, 6.45) is 4.10. The molecule has 0 aliphatic carbocycles. The van der Waals surface area contributed by atoms with Crippen LogP contribution in [-0.2, 0) is 24.3 Å². The van der Waals surface area contributed by atoms with Gasteiger partial charge in [0.2, 0.25) is 5.91 Å². The molecule has 7 heteroatoms. The summed E-state index contributed by atoms with van der Waals surface area (Å²) in [6.45, 7) is 4.26. The summed E-state index contributed by atoms with van der Waals surface area (Å²) in [6, 6.07) is 10.0. The van der Waals surface area contributed by atoms with Gasteiger partial charge in [-0.05, 0) is 24.5 Å². The number of carbonyl (C=O) groups excluding carboxylic acids is 1. The van der Waals surface area contributed by atoms with Crippen molar-refractivity contribution in [2.75, 3.05) is 19.6 Å². The van der Waals surface area contributed by atoms with Crippen molar-refractivity contribution in [3.05, 3.63) is 53.7 Å². The van der Waals surface area contributed by atoms with E-state index in [2.05, 4.69) is 25.1 Å². The van der Waals surface area contributed by atoms with Gasteiger partial charge < -0.3 is 14.8 Å². The van der Waals surface area contributed by atoms with E-state index in [9.17, 15) is 4.79 Å². The van der Waals surface area contributed by atoms with Crippen LogP contribution in [0.4, 0.5) is 0 Å². The van der Waals surface area contributed by atoms with E-state index in [0.29, 0.717) is 12.3 Å². The van der Waals surface area contributed by atoms with E-state index >= 15 is 0 Å². The van der Waals surface area contributed by atoms with Crippen LogP contribution < -0.4 is 5.32 Å². The summed E-state index contributed by atoms with van der Waals surface area (Å²) >= 11 is 0. The largest absolute Gasteiger partial charge is 0.342 e. The third kappa shape index (κ3) is 3.16. The van der Waals surface area contributed by atoms with Crippen LogP contribution in [0.3, 0.4) is 0 Å². The van der Waals surface area contributed by atoms with Crippen LogP contribution in [0.15, 0.2) is 36.5 Å². The van der Waals surface area contributed by atoms with Crippen molar-refractivity contribution in [1.29, 1.82) is 0 Å². The third-order valence-electron chi connectivity index (χ3n) is 5.92. The number of nitrogens with zero attached hydrogens (tertiary/aromatic N) is 5. The Kier molecular flexibility index (Phi) is 4.52. The van der Waals surface area contributed by atoms with E-state index in [0.717, 1.165) is 73.7 Å². The molecule has 0 unspecified atom stereocenters. The van der Waals surface area contributed by atoms with Gasteiger partial charge in [-0.25, -0.2) is 0 Å². The lowest BCUT2D eigenvalue weighted by Crippen LogP contribution is -2.39. The SMILES string of the molecule is O=C(Cc1cccc2cccnc12)N1CCC(c2nnc3n2CCNC3)CC1. The molecule has 144 valence electrons. The zero-order valence-corrected chi connectivity index (χ0v) is 15.8. The number of piperidine rings is 1. The number of pyridine rings is 1. The highest BCUT2D eigenvalue weighted by atomic mass is 16.2. The quantitative estimate of drug-likeness (QED) is 0.755. The van der Waals surface area contributed by atoms with Gasteiger partial charge in [-0.2, -0.15) is 0 Å². The van der Waals surface area contributed by atoms with E-state index in [1.54, 1.807) is 6.20 Å². The smallest absolute Gasteiger partial charge is 0.227 e. The molecule has 7 nitrogen and oxygen atoms in total. The van der Waals surface area contributed by atoms with Crippen molar-refractivity contribution in [2.45, 2.75) is 38.3 Å². The number of likely N-dealkylation sites (tertiary alicyclic amines) is 1. The maximum atomic E-state index is 12.9. The second-order valence-electron chi connectivity index (χ2n) is 7.63. The van der Waals surface area contributed by atoms with Gasteiger partial charge in [0.1, 0.15) is 11.6 Å². The van der Waals surface area contributed by atoms with Gasteiger partial charge >= 0.3 is 0 Å². The Hall–Kier alpha value is -2.80. The molecular formula is C21H24N6O. The van der Waals surface area contributed by atoms with E-state index < -0.39 is 0 Å². The average molecular weight is 376 g/mol. The normalized spacial score (nSPS) is 17.6. The molecule has 0 saturated carbocycles. The zero-order valence-electron chi connectivity index (χ0n) is 15.8. The molecule has 0 radical (unpaired) electrons. The number of hydrogen-bond donors (Lipinski definition) is 1. The molecule has 0 spiro atoms. The molecule has 28 heavy (non-hydrogen) atoms. The summed E-state index contributed by atoms with van der Waals surface area (Å²) < 4.78 is 2.26. The summed E-state index contributed by atoms with van der Waals surface area (Å²) in [5, 5.41) is 13.2. The maximum Gasteiger partial charge on any atom is 0.227 e. The van der Waals surface area contributed by atoms with Crippen molar-refractivity contribution in [3.8, 4) is 0 Å². The number of para-hydroxylation sites is 1. The minimum atomic E-state index is 0.184. The predicted molar refractivity (Wildman–Crippen MR) is 106 cm³/mol. The fourth-order valence-electron chi connectivity index (χ4n) is 4.39. The van der Waals surface area contributed by atoms with Gasteiger partial charge in [-0.3, -0.25) is 9.78 Å². The molecule has 0 atom stereocenters. The molecule has 0 bridgehead atoms. The van der Waals surface area contributed by atoms with Gasteiger partial charge in [0, 0.05) is 43.7 Å².